The first-order chi connectivity index (χ1) is 15.5. The molecular weight excluding hydrogens is 504 g/mol. The second-order valence-corrected chi connectivity index (χ2v) is 16.2. The molecule has 1 aliphatic heterocycles. The normalized spacial score (nSPS) is 21.4. The molecule has 1 saturated heterocycles. The van der Waals surface area contributed by atoms with Gasteiger partial charge in [0, 0.05) is 37.0 Å². The Morgan fingerprint density at radius 3 is 2.21 bits per heavy atom. The minimum atomic E-state index is -2.14. The fourth-order valence-corrected chi connectivity index (χ4v) is 11.2. The molecule has 2 rings (SSSR count). The van der Waals surface area contributed by atoms with E-state index < -0.39 is 13.9 Å². The van der Waals surface area contributed by atoms with Gasteiger partial charge in [0.2, 0.25) is 0 Å². The maximum atomic E-state index is 13.5. The second-order valence-electron chi connectivity index (χ2n) is 9.88. The lowest BCUT2D eigenvalue weighted by Gasteiger charge is -2.56. The molecule has 33 heavy (non-hydrogen) atoms. The van der Waals surface area contributed by atoms with Crippen molar-refractivity contribution >= 4 is 30.2 Å². The van der Waals surface area contributed by atoms with Gasteiger partial charge in [-0.2, -0.15) is 0 Å². The Labute approximate surface area is 208 Å². The maximum absolute atomic E-state index is 13.5. The number of likely N-dealkylation sites (tertiary alicyclic amines) is 1. The molecule has 0 N–H and O–H groups in total. The van der Waals surface area contributed by atoms with Crippen LogP contribution in [0, 0.1) is 6.92 Å². The van der Waals surface area contributed by atoms with Crippen molar-refractivity contribution in [2.45, 2.75) is 83.2 Å². The first-order valence-corrected chi connectivity index (χ1v) is 14.6. The highest BCUT2D eigenvalue weighted by molar-refractivity contribution is 9.10. The average Bonchev–Trinajstić information content (AvgIpc) is 2.74. The van der Waals surface area contributed by atoms with E-state index in [-0.39, 0.29) is 25.5 Å². The van der Waals surface area contributed by atoms with Crippen molar-refractivity contribution in [1.29, 1.82) is 0 Å². The molecule has 1 aromatic rings. The molecule has 0 aromatic carbocycles. The zero-order chi connectivity index (χ0) is 25.0. The molecular formula is C24H41BrN2O5Si. The molecule has 1 aromatic heterocycles. The van der Waals surface area contributed by atoms with Crippen LogP contribution in [0.4, 0.5) is 0 Å². The van der Waals surface area contributed by atoms with Crippen LogP contribution in [-0.4, -0.2) is 70.1 Å². The minimum Gasteiger partial charge on any atom is -0.414 e. The second kappa shape index (κ2) is 11.7. The number of amides is 1. The van der Waals surface area contributed by atoms with E-state index in [1.54, 1.807) is 25.3 Å². The fraction of sp³-hybridized carbons (Fsp3) is 0.750. The van der Waals surface area contributed by atoms with Crippen LogP contribution in [0.1, 0.15) is 52.8 Å². The number of methoxy groups -OCH3 is 2. The van der Waals surface area contributed by atoms with Crippen molar-refractivity contribution in [2.75, 3.05) is 34.4 Å². The Kier molecular flexibility index (Phi) is 10.1. The van der Waals surface area contributed by atoms with Gasteiger partial charge < -0.3 is 23.5 Å². The number of aromatic nitrogens is 1. The van der Waals surface area contributed by atoms with Crippen LogP contribution in [0.15, 0.2) is 16.7 Å². The van der Waals surface area contributed by atoms with Crippen LogP contribution < -0.4 is 0 Å². The highest BCUT2D eigenvalue weighted by Crippen LogP contribution is 2.44. The summed E-state index contributed by atoms with van der Waals surface area (Å²) in [4.78, 5) is 19.7. The van der Waals surface area contributed by atoms with Crippen LogP contribution in [0.5, 0.6) is 0 Å². The molecule has 0 unspecified atom stereocenters. The van der Waals surface area contributed by atoms with Gasteiger partial charge in [0.15, 0.2) is 13.9 Å². The molecule has 7 nitrogen and oxygen atoms in total. The zero-order valence-electron chi connectivity index (χ0n) is 21.6. The van der Waals surface area contributed by atoms with Crippen molar-refractivity contribution in [3.8, 4) is 0 Å². The quantitative estimate of drug-likeness (QED) is 0.196. The third-order valence-corrected chi connectivity index (χ3v) is 13.9. The average molecular weight is 546 g/mol. The number of hydrogen-bond acceptors (Lipinski definition) is 6. The first-order valence-electron chi connectivity index (χ1n) is 11.7. The van der Waals surface area contributed by atoms with Crippen molar-refractivity contribution in [2.24, 2.45) is 0 Å². The van der Waals surface area contributed by atoms with E-state index in [2.05, 4.69) is 62.5 Å². The Balaban J connectivity index is 2.43. The van der Waals surface area contributed by atoms with Gasteiger partial charge in [0.05, 0.1) is 12.6 Å². The monoisotopic (exact) mass is 544 g/mol. The molecule has 1 amide bonds. The molecule has 0 bridgehead atoms. The SMILES string of the molecule is COCO[C@@]1(Cc2cc(Br)c(C)cn2)C(=O)N(COC)[C@H]1CO[Si](C(C)C)(C(C)C)C(C)C. The minimum absolute atomic E-state index is 0.0111. The Hall–Kier alpha value is -0.843. The van der Waals surface area contributed by atoms with E-state index >= 15 is 0 Å². The topological polar surface area (TPSA) is 70.1 Å². The van der Waals surface area contributed by atoms with Crippen LogP contribution in [0.2, 0.25) is 16.6 Å². The van der Waals surface area contributed by atoms with Crippen molar-refractivity contribution in [3.05, 3.63) is 28.0 Å². The molecule has 2 atom stereocenters. The summed E-state index contributed by atoms with van der Waals surface area (Å²) in [7, 11) is 1.01. The Morgan fingerprint density at radius 1 is 1.12 bits per heavy atom. The number of rotatable bonds is 13. The van der Waals surface area contributed by atoms with E-state index in [0.717, 1.165) is 15.7 Å². The third-order valence-electron chi connectivity index (χ3n) is 6.98. The summed E-state index contributed by atoms with van der Waals surface area (Å²) in [5, 5.41) is 0. The summed E-state index contributed by atoms with van der Waals surface area (Å²) < 4.78 is 24.6. The van der Waals surface area contributed by atoms with Gasteiger partial charge in [-0.05, 0) is 35.2 Å². The number of hydrogen-bond donors (Lipinski definition) is 0. The van der Waals surface area contributed by atoms with Crippen molar-refractivity contribution in [1.82, 2.24) is 9.88 Å². The summed E-state index contributed by atoms with van der Waals surface area (Å²) >= 11 is 3.58. The van der Waals surface area contributed by atoms with Gasteiger partial charge in [-0.25, -0.2) is 0 Å². The number of pyridine rings is 1. The van der Waals surface area contributed by atoms with Crippen LogP contribution in [0.25, 0.3) is 0 Å². The maximum Gasteiger partial charge on any atom is 0.259 e. The van der Waals surface area contributed by atoms with E-state index in [0.29, 0.717) is 29.7 Å². The van der Waals surface area contributed by atoms with E-state index in [4.69, 9.17) is 18.6 Å². The standard InChI is InChI=1S/C24H41BrN2O5Si/c1-16(2)33(17(3)4,18(5)6)32-13-22-24(31-15-30-9,23(28)27(22)14-29-8)11-20-10-21(25)19(7)12-26-20/h10,12,16-18,22H,11,13-15H2,1-9H3/t22-,24+/m0/s1. The molecule has 0 spiro atoms. The highest BCUT2D eigenvalue weighted by Gasteiger charge is 2.63. The first kappa shape index (κ1) is 28.4. The van der Waals surface area contributed by atoms with Gasteiger partial charge in [0.1, 0.15) is 13.5 Å². The highest BCUT2D eigenvalue weighted by atomic mass is 79.9. The van der Waals surface area contributed by atoms with Gasteiger partial charge in [-0.15, -0.1) is 0 Å². The molecule has 0 saturated carbocycles. The summed E-state index contributed by atoms with van der Waals surface area (Å²) in [5.74, 6) is -0.126. The number of carbonyl (C=O) groups is 1. The Bertz CT molecular complexity index is 785. The molecule has 0 aliphatic carbocycles. The lowest BCUT2D eigenvalue weighted by atomic mass is 9.79. The van der Waals surface area contributed by atoms with Gasteiger partial charge in [-0.3, -0.25) is 9.78 Å². The molecule has 2 heterocycles. The van der Waals surface area contributed by atoms with E-state index in [1.807, 2.05) is 13.0 Å². The van der Waals surface area contributed by atoms with Crippen molar-refractivity contribution in [3.63, 3.8) is 0 Å². The number of ether oxygens (including phenoxy) is 3. The molecule has 188 valence electrons. The van der Waals surface area contributed by atoms with Gasteiger partial charge in [0.25, 0.3) is 5.91 Å². The molecule has 1 fully saturated rings. The lowest BCUT2D eigenvalue weighted by Crippen LogP contribution is -2.78. The fourth-order valence-electron chi connectivity index (χ4n) is 5.42. The summed E-state index contributed by atoms with van der Waals surface area (Å²) in [6.07, 6.45) is 2.14. The van der Waals surface area contributed by atoms with E-state index in [1.165, 1.54) is 0 Å². The van der Waals surface area contributed by atoms with Crippen molar-refractivity contribution < 1.29 is 23.4 Å². The smallest absolute Gasteiger partial charge is 0.259 e. The number of carbonyl (C=O) groups excluding carboxylic acids is 1. The Morgan fingerprint density at radius 2 is 1.73 bits per heavy atom. The number of aryl methyl sites for hydroxylation is 1. The van der Waals surface area contributed by atoms with Gasteiger partial charge >= 0.3 is 0 Å². The largest absolute Gasteiger partial charge is 0.414 e. The summed E-state index contributed by atoms with van der Waals surface area (Å²) in [6, 6.07) is 1.65. The van der Waals surface area contributed by atoms with E-state index in [9.17, 15) is 4.79 Å². The predicted octanol–water partition coefficient (Wildman–Crippen LogP) is 5.06. The zero-order valence-corrected chi connectivity index (χ0v) is 24.2. The van der Waals surface area contributed by atoms with Crippen LogP contribution in [-0.2, 0) is 29.9 Å². The molecule has 0 radical (unpaired) electrons. The third kappa shape index (κ3) is 5.54. The predicted molar refractivity (Wildman–Crippen MR) is 136 cm³/mol. The number of halogens is 1. The molecule has 9 heteroatoms. The van der Waals surface area contributed by atoms with Crippen LogP contribution in [0.3, 0.4) is 0 Å². The summed E-state index contributed by atoms with van der Waals surface area (Å²) in [5.41, 5.74) is 2.02. The summed E-state index contributed by atoms with van der Waals surface area (Å²) in [6.45, 7) is 16.1. The lowest BCUT2D eigenvalue weighted by molar-refractivity contribution is -0.237. The van der Waals surface area contributed by atoms with Gasteiger partial charge in [-0.1, -0.05) is 57.5 Å². The molecule has 1 aliphatic rings. The number of nitrogens with zero attached hydrogens (tertiary/aromatic N) is 2. The van der Waals surface area contributed by atoms with Crippen LogP contribution >= 0.6 is 15.9 Å². The number of β-lactam (4-membered cyclic amide) rings is 1.